The van der Waals surface area contributed by atoms with Crippen molar-refractivity contribution in [3.8, 4) is 0 Å². The lowest BCUT2D eigenvalue weighted by Gasteiger charge is -2.36. The van der Waals surface area contributed by atoms with E-state index in [0.717, 1.165) is 17.1 Å². The quantitative estimate of drug-likeness (QED) is 0.840. The third-order valence-electron chi connectivity index (χ3n) is 4.47. The van der Waals surface area contributed by atoms with Crippen LogP contribution in [0, 0.1) is 0 Å². The molecular formula is C19H22Cl2N4O. The van der Waals surface area contributed by atoms with Crippen LogP contribution in [0.1, 0.15) is 0 Å². The number of halogens is 2. The van der Waals surface area contributed by atoms with Crippen LogP contribution in [0.2, 0.25) is 10.0 Å². The SMILES string of the molecule is CN(C)c1ccc(NC(=O)N2CCN(c3cccc(Cl)c3Cl)CC2)cc1. The van der Waals surface area contributed by atoms with Crippen LogP contribution in [-0.4, -0.2) is 51.2 Å². The molecule has 2 aromatic carbocycles. The first-order valence-corrected chi connectivity index (χ1v) is 9.23. The highest BCUT2D eigenvalue weighted by molar-refractivity contribution is 6.43. The molecular weight excluding hydrogens is 371 g/mol. The molecule has 2 amide bonds. The topological polar surface area (TPSA) is 38.8 Å². The van der Waals surface area contributed by atoms with E-state index in [4.69, 9.17) is 23.2 Å². The predicted molar refractivity (Wildman–Crippen MR) is 110 cm³/mol. The summed E-state index contributed by atoms with van der Waals surface area (Å²) >= 11 is 12.4. The summed E-state index contributed by atoms with van der Waals surface area (Å²) in [6.07, 6.45) is 0. The van der Waals surface area contributed by atoms with Gasteiger partial charge >= 0.3 is 6.03 Å². The van der Waals surface area contributed by atoms with Crippen LogP contribution in [0.3, 0.4) is 0 Å². The van der Waals surface area contributed by atoms with Crippen LogP contribution in [-0.2, 0) is 0 Å². The normalized spacial score (nSPS) is 14.3. The largest absolute Gasteiger partial charge is 0.378 e. The molecule has 1 aliphatic rings. The maximum atomic E-state index is 12.5. The molecule has 138 valence electrons. The monoisotopic (exact) mass is 392 g/mol. The molecule has 1 fully saturated rings. The first-order valence-electron chi connectivity index (χ1n) is 8.48. The minimum Gasteiger partial charge on any atom is -0.378 e. The summed E-state index contributed by atoms with van der Waals surface area (Å²) in [6.45, 7) is 2.69. The molecule has 5 nitrogen and oxygen atoms in total. The first-order chi connectivity index (χ1) is 12.5. The van der Waals surface area contributed by atoms with Gasteiger partial charge in [0.15, 0.2) is 0 Å². The Balaban J connectivity index is 1.57. The highest BCUT2D eigenvalue weighted by atomic mass is 35.5. The molecule has 1 N–H and O–H groups in total. The zero-order valence-electron chi connectivity index (χ0n) is 14.9. The molecule has 2 aromatic rings. The third-order valence-corrected chi connectivity index (χ3v) is 5.28. The smallest absolute Gasteiger partial charge is 0.321 e. The average Bonchev–Trinajstić information content (AvgIpc) is 2.64. The standard InChI is InChI=1S/C19H22Cl2N4O/c1-23(2)15-8-6-14(7-9-15)22-19(26)25-12-10-24(11-13-25)17-5-3-4-16(20)18(17)21/h3-9H,10-13H2,1-2H3,(H,22,26). The highest BCUT2D eigenvalue weighted by Gasteiger charge is 2.23. The van der Waals surface area contributed by atoms with E-state index in [-0.39, 0.29) is 6.03 Å². The van der Waals surface area contributed by atoms with Gasteiger partial charge in [-0.15, -0.1) is 0 Å². The van der Waals surface area contributed by atoms with Gasteiger partial charge in [0.2, 0.25) is 0 Å². The predicted octanol–water partition coefficient (Wildman–Crippen LogP) is 4.41. The molecule has 0 saturated carbocycles. The summed E-state index contributed by atoms with van der Waals surface area (Å²) in [5.74, 6) is 0. The van der Waals surface area contributed by atoms with Crippen molar-refractivity contribution < 1.29 is 4.79 Å². The number of benzene rings is 2. The number of hydrogen-bond donors (Lipinski definition) is 1. The van der Waals surface area contributed by atoms with E-state index in [9.17, 15) is 4.79 Å². The Kier molecular flexibility index (Phi) is 5.79. The fourth-order valence-corrected chi connectivity index (χ4v) is 3.35. The highest BCUT2D eigenvalue weighted by Crippen LogP contribution is 2.32. The van der Waals surface area contributed by atoms with Crippen molar-refractivity contribution >= 4 is 46.3 Å². The van der Waals surface area contributed by atoms with Crippen molar-refractivity contribution in [2.24, 2.45) is 0 Å². The second kappa shape index (κ2) is 8.06. The van der Waals surface area contributed by atoms with Crippen molar-refractivity contribution in [3.05, 3.63) is 52.5 Å². The summed E-state index contributed by atoms with van der Waals surface area (Å²) in [6, 6.07) is 13.3. The molecule has 0 bridgehead atoms. The molecule has 0 atom stereocenters. The number of hydrogen-bond acceptors (Lipinski definition) is 3. The Morgan fingerprint density at radius 2 is 1.65 bits per heavy atom. The van der Waals surface area contributed by atoms with E-state index in [2.05, 4.69) is 10.2 Å². The van der Waals surface area contributed by atoms with Gasteiger partial charge in [0.05, 0.1) is 15.7 Å². The Labute approximate surface area is 164 Å². The number of carbonyl (C=O) groups excluding carboxylic acids is 1. The zero-order valence-corrected chi connectivity index (χ0v) is 16.4. The van der Waals surface area contributed by atoms with Crippen LogP contribution in [0.5, 0.6) is 0 Å². The van der Waals surface area contributed by atoms with Gasteiger partial charge in [-0.05, 0) is 36.4 Å². The molecule has 0 unspecified atom stereocenters. The van der Waals surface area contributed by atoms with Gasteiger partial charge in [-0.25, -0.2) is 4.79 Å². The van der Waals surface area contributed by atoms with E-state index < -0.39 is 0 Å². The zero-order chi connectivity index (χ0) is 18.7. The Morgan fingerprint density at radius 1 is 1.00 bits per heavy atom. The van der Waals surface area contributed by atoms with Crippen LogP contribution < -0.4 is 15.1 Å². The maximum Gasteiger partial charge on any atom is 0.321 e. The van der Waals surface area contributed by atoms with Gasteiger partial charge in [-0.1, -0.05) is 29.3 Å². The van der Waals surface area contributed by atoms with Crippen molar-refractivity contribution in [3.63, 3.8) is 0 Å². The Morgan fingerprint density at radius 3 is 2.27 bits per heavy atom. The summed E-state index contributed by atoms with van der Waals surface area (Å²) in [4.78, 5) is 18.5. The molecule has 26 heavy (non-hydrogen) atoms. The molecule has 0 spiro atoms. The van der Waals surface area contributed by atoms with Crippen LogP contribution in [0.15, 0.2) is 42.5 Å². The van der Waals surface area contributed by atoms with E-state index in [1.54, 1.807) is 6.07 Å². The number of amides is 2. The molecule has 1 saturated heterocycles. The number of anilines is 3. The van der Waals surface area contributed by atoms with E-state index >= 15 is 0 Å². The minimum absolute atomic E-state index is 0.0838. The van der Waals surface area contributed by atoms with Crippen molar-refractivity contribution in [1.82, 2.24) is 4.90 Å². The van der Waals surface area contributed by atoms with Gasteiger partial charge in [0, 0.05) is 51.6 Å². The number of rotatable bonds is 3. The van der Waals surface area contributed by atoms with Gasteiger partial charge in [0.25, 0.3) is 0 Å². The fraction of sp³-hybridized carbons (Fsp3) is 0.316. The number of urea groups is 1. The third kappa shape index (κ3) is 4.17. The van der Waals surface area contributed by atoms with Gasteiger partial charge in [-0.3, -0.25) is 0 Å². The lowest BCUT2D eigenvalue weighted by molar-refractivity contribution is 0.208. The van der Waals surface area contributed by atoms with Crippen molar-refractivity contribution in [1.29, 1.82) is 0 Å². The summed E-state index contributed by atoms with van der Waals surface area (Å²) in [7, 11) is 3.97. The lowest BCUT2D eigenvalue weighted by Crippen LogP contribution is -2.50. The second-order valence-corrected chi connectivity index (χ2v) is 7.20. The van der Waals surface area contributed by atoms with Crippen LogP contribution >= 0.6 is 23.2 Å². The summed E-state index contributed by atoms with van der Waals surface area (Å²) < 4.78 is 0. The number of nitrogens with zero attached hydrogens (tertiary/aromatic N) is 3. The molecule has 0 radical (unpaired) electrons. The van der Waals surface area contributed by atoms with E-state index in [1.807, 2.05) is 60.3 Å². The molecule has 0 aliphatic carbocycles. The van der Waals surface area contributed by atoms with E-state index in [0.29, 0.717) is 36.2 Å². The van der Waals surface area contributed by atoms with Crippen LogP contribution in [0.25, 0.3) is 0 Å². The first kappa shape index (κ1) is 18.7. The van der Waals surface area contributed by atoms with Crippen LogP contribution in [0.4, 0.5) is 21.9 Å². The molecule has 1 heterocycles. The summed E-state index contributed by atoms with van der Waals surface area (Å²) in [5, 5.41) is 4.07. The molecule has 7 heteroatoms. The summed E-state index contributed by atoms with van der Waals surface area (Å²) in [5.41, 5.74) is 2.80. The van der Waals surface area contributed by atoms with E-state index in [1.165, 1.54) is 0 Å². The number of carbonyl (C=O) groups is 1. The fourth-order valence-electron chi connectivity index (χ4n) is 2.93. The Bertz CT molecular complexity index is 772. The van der Waals surface area contributed by atoms with Crippen molar-refractivity contribution in [2.45, 2.75) is 0 Å². The van der Waals surface area contributed by atoms with Gasteiger partial charge in [0.1, 0.15) is 0 Å². The minimum atomic E-state index is -0.0838. The maximum absolute atomic E-state index is 12.5. The van der Waals surface area contributed by atoms with Gasteiger partial charge < -0.3 is 20.0 Å². The van der Waals surface area contributed by atoms with Gasteiger partial charge in [-0.2, -0.15) is 0 Å². The molecule has 1 aliphatic heterocycles. The number of nitrogens with one attached hydrogen (secondary N) is 1. The number of piperazine rings is 1. The lowest BCUT2D eigenvalue weighted by atomic mass is 10.2. The average molecular weight is 393 g/mol. The second-order valence-electron chi connectivity index (χ2n) is 6.42. The van der Waals surface area contributed by atoms with Crippen molar-refractivity contribution in [2.75, 3.05) is 55.4 Å². The Hall–Kier alpha value is -2.11. The molecule has 0 aromatic heterocycles. The molecule has 3 rings (SSSR count).